The number of nitrogens with one attached hydrogen (secondary N) is 1. The van der Waals surface area contributed by atoms with E-state index in [4.69, 9.17) is 5.11 Å². The van der Waals surface area contributed by atoms with Crippen molar-refractivity contribution in [2.75, 3.05) is 0 Å². The third kappa shape index (κ3) is 2.86. The summed E-state index contributed by atoms with van der Waals surface area (Å²) in [7, 11) is 0. The molecule has 0 saturated carbocycles. The molecule has 2 N–H and O–H groups in total. The van der Waals surface area contributed by atoms with Crippen molar-refractivity contribution in [2.24, 2.45) is 0 Å². The van der Waals surface area contributed by atoms with Gasteiger partial charge in [0.15, 0.2) is 5.82 Å². The van der Waals surface area contributed by atoms with Crippen LogP contribution in [0.2, 0.25) is 0 Å². The van der Waals surface area contributed by atoms with Crippen molar-refractivity contribution in [3.8, 4) is 0 Å². The molecule has 0 fully saturated rings. The summed E-state index contributed by atoms with van der Waals surface area (Å²) < 4.78 is 37.5. The van der Waals surface area contributed by atoms with Crippen LogP contribution in [0.4, 0.5) is 13.2 Å². The van der Waals surface area contributed by atoms with Crippen molar-refractivity contribution < 1.29 is 18.3 Å². The first kappa shape index (κ1) is 12.6. The first-order chi connectivity index (χ1) is 8.49. The fourth-order valence-electron chi connectivity index (χ4n) is 1.54. The molecule has 0 aliphatic carbocycles. The predicted octanol–water partition coefficient (Wildman–Crippen LogP) is 1.91. The topological polar surface area (TPSA) is 61.8 Å². The SMILES string of the molecule is OCc1n[nH]c(Cc2cccc(C(F)(F)F)c2)n1. The van der Waals surface area contributed by atoms with Crippen LogP contribution in [0.5, 0.6) is 0 Å². The first-order valence-corrected chi connectivity index (χ1v) is 5.16. The van der Waals surface area contributed by atoms with Gasteiger partial charge in [-0.25, -0.2) is 4.98 Å². The Hall–Kier alpha value is -1.89. The lowest BCUT2D eigenvalue weighted by Crippen LogP contribution is -2.05. The maximum absolute atomic E-state index is 12.5. The second kappa shape index (κ2) is 4.77. The van der Waals surface area contributed by atoms with Crippen molar-refractivity contribution in [3.63, 3.8) is 0 Å². The van der Waals surface area contributed by atoms with Crippen LogP contribution in [0, 0.1) is 0 Å². The number of aliphatic hydroxyl groups excluding tert-OH is 1. The maximum atomic E-state index is 12.5. The maximum Gasteiger partial charge on any atom is 0.416 e. The number of benzene rings is 1. The molecule has 0 saturated heterocycles. The number of hydrogen-bond acceptors (Lipinski definition) is 3. The summed E-state index contributed by atoms with van der Waals surface area (Å²) in [4.78, 5) is 3.92. The van der Waals surface area contributed by atoms with Crippen molar-refractivity contribution in [1.29, 1.82) is 0 Å². The molecule has 0 spiro atoms. The molecule has 7 heteroatoms. The van der Waals surface area contributed by atoms with Crippen molar-refractivity contribution >= 4 is 0 Å². The van der Waals surface area contributed by atoms with E-state index in [1.807, 2.05) is 0 Å². The van der Waals surface area contributed by atoms with Crippen LogP contribution in [0.3, 0.4) is 0 Å². The smallest absolute Gasteiger partial charge is 0.388 e. The number of nitrogens with zero attached hydrogens (tertiary/aromatic N) is 2. The van der Waals surface area contributed by atoms with Crippen molar-refractivity contribution in [3.05, 3.63) is 47.0 Å². The van der Waals surface area contributed by atoms with Gasteiger partial charge in [-0.15, -0.1) is 0 Å². The molecule has 18 heavy (non-hydrogen) atoms. The van der Waals surface area contributed by atoms with Crippen LogP contribution >= 0.6 is 0 Å². The second-order valence-corrected chi connectivity index (χ2v) is 3.73. The first-order valence-electron chi connectivity index (χ1n) is 5.16. The Kier molecular flexibility index (Phi) is 3.33. The minimum Gasteiger partial charge on any atom is -0.388 e. The molecular weight excluding hydrogens is 247 g/mol. The largest absolute Gasteiger partial charge is 0.416 e. The van der Waals surface area contributed by atoms with E-state index in [2.05, 4.69) is 15.2 Å². The zero-order chi connectivity index (χ0) is 13.2. The van der Waals surface area contributed by atoms with Gasteiger partial charge in [0, 0.05) is 6.42 Å². The van der Waals surface area contributed by atoms with Crippen LogP contribution in [0.25, 0.3) is 0 Å². The minimum absolute atomic E-state index is 0.205. The van der Waals surface area contributed by atoms with E-state index in [-0.39, 0.29) is 18.9 Å². The third-order valence-corrected chi connectivity index (χ3v) is 2.35. The fraction of sp³-hybridized carbons (Fsp3) is 0.273. The van der Waals surface area contributed by atoms with Crippen molar-refractivity contribution in [2.45, 2.75) is 19.2 Å². The summed E-state index contributed by atoms with van der Waals surface area (Å²) in [6.45, 7) is -0.306. The summed E-state index contributed by atoms with van der Waals surface area (Å²) in [6.07, 6.45) is -4.15. The molecule has 0 aliphatic rings. The zero-order valence-corrected chi connectivity index (χ0v) is 9.20. The lowest BCUT2D eigenvalue weighted by atomic mass is 10.1. The molecule has 0 radical (unpaired) electrons. The number of alkyl halides is 3. The Labute approximate surface area is 100 Å². The number of hydrogen-bond donors (Lipinski definition) is 2. The lowest BCUT2D eigenvalue weighted by molar-refractivity contribution is -0.137. The molecule has 0 bridgehead atoms. The van der Waals surface area contributed by atoms with E-state index in [0.717, 1.165) is 12.1 Å². The monoisotopic (exact) mass is 257 g/mol. The molecule has 1 aromatic carbocycles. The molecule has 2 rings (SSSR count). The van der Waals surface area contributed by atoms with Gasteiger partial charge in [0.05, 0.1) is 5.56 Å². The van der Waals surface area contributed by atoms with Crippen LogP contribution < -0.4 is 0 Å². The summed E-state index contributed by atoms with van der Waals surface area (Å²) in [6, 6.07) is 5.02. The van der Waals surface area contributed by atoms with Gasteiger partial charge in [0.1, 0.15) is 12.4 Å². The Morgan fingerprint density at radius 1 is 1.28 bits per heavy atom. The number of halogens is 3. The van der Waals surface area contributed by atoms with Crippen LogP contribution in [0.15, 0.2) is 24.3 Å². The van der Waals surface area contributed by atoms with E-state index in [1.165, 1.54) is 6.07 Å². The summed E-state index contributed by atoms with van der Waals surface area (Å²) in [5.41, 5.74) is -0.215. The summed E-state index contributed by atoms with van der Waals surface area (Å²) >= 11 is 0. The Morgan fingerprint density at radius 3 is 2.67 bits per heavy atom. The van der Waals surface area contributed by atoms with E-state index in [9.17, 15) is 13.2 Å². The predicted molar refractivity (Wildman–Crippen MR) is 56.6 cm³/mol. The van der Waals surface area contributed by atoms with E-state index >= 15 is 0 Å². The number of aromatic nitrogens is 3. The van der Waals surface area contributed by atoms with Crippen LogP contribution in [0.1, 0.15) is 22.8 Å². The van der Waals surface area contributed by atoms with Gasteiger partial charge < -0.3 is 5.11 Å². The lowest BCUT2D eigenvalue weighted by Gasteiger charge is -2.07. The Morgan fingerprint density at radius 2 is 2.06 bits per heavy atom. The zero-order valence-electron chi connectivity index (χ0n) is 9.20. The molecule has 1 heterocycles. The number of H-pyrrole nitrogens is 1. The summed E-state index contributed by atoms with van der Waals surface area (Å²) in [5, 5.41) is 15.0. The highest BCUT2D eigenvalue weighted by Gasteiger charge is 2.30. The second-order valence-electron chi connectivity index (χ2n) is 3.73. The van der Waals surface area contributed by atoms with E-state index in [0.29, 0.717) is 11.4 Å². The van der Waals surface area contributed by atoms with Crippen LogP contribution in [-0.4, -0.2) is 20.3 Å². The van der Waals surface area contributed by atoms with E-state index in [1.54, 1.807) is 6.07 Å². The van der Waals surface area contributed by atoms with Gasteiger partial charge in [0.2, 0.25) is 0 Å². The van der Waals surface area contributed by atoms with Gasteiger partial charge in [-0.2, -0.15) is 18.3 Å². The Bertz CT molecular complexity index is 536. The molecule has 0 atom stereocenters. The molecule has 0 aliphatic heterocycles. The molecule has 2 aromatic rings. The van der Waals surface area contributed by atoms with E-state index < -0.39 is 11.7 Å². The molecular formula is C11H10F3N3O. The van der Waals surface area contributed by atoms with Gasteiger partial charge >= 0.3 is 6.18 Å². The van der Waals surface area contributed by atoms with Gasteiger partial charge in [0.25, 0.3) is 0 Å². The van der Waals surface area contributed by atoms with Crippen LogP contribution in [-0.2, 0) is 19.2 Å². The molecule has 96 valence electrons. The molecule has 1 aromatic heterocycles. The van der Waals surface area contributed by atoms with Crippen molar-refractivity contribution in [1.82, 2.24) is 15.2 Å². The number of aromatic amines is 1. The quantitative estimate of drug-likeness (QED) is 0.882. The highest BCUT2D eigenvalue weighted by molar-refractivity contribution is 5.27. The Balaban J connectivity index is 2.19. The van der Waals surface area contributed by atoms with Gasteiger partial charge in [-0.1, -0.05) is 18.2 Å². The average molecular weight is 257 g/mol. The summed E-state index contributed by atoms with van der Waals surface area (Å²) in [5.74, 6) is 0.635. The molecule has 0 unspecified atom stereocenters. The third-order valence-electron chi connectivity index (χ3n) is 2.35. The fourth-order valence-corrected chi connectivity index (χ4v) is 1.54. The normalized spacial score (nSPS) is 11.8. The minimum atomic E-state index is -4.35. The standard InChI is InChI=1S/C11H10F3N3O/c12-11(13,14)8-3-1-2-7(4-8)5-9-15-10(6-18)17-16-9/h1-4,18H,5-6H2,(H,15,16,17). The highest BCUT2D eigenvalue weighted by atomic mass is 19.4. The highest BCUT2D eigenvalue weighted by Crippen LogP contribution is 2.29. The molecule has 0 amide bonds. The van der Waals surface area contributed by atoms with Gasteiger partial charge in [-0.3, -0.25) is 5.10 Å². The number of aliphatic hydroxyl groups is 1. The number of rotatable bonds is 3. The average Bonchev–Trinajstić information content (AvgIpc) is 2.76. The van der Waals surface area contributed by atoms with Gasteiger partial charge in [-0.05, 0) is 11.6 Å². The molecule has 4 nitrogen and oxygen atoms in total.